The molecule has 0 fully saturated rings. The maximum absolute atomic E-state index is 11.6. The van der Waals surface area contributed by atoms with Crippen molar-refractivity contribution in [3.05, 3.63) is 25.9 Å². The molecule has 6 heteroatoms. The molecule has 0 saturated heterocycles. The van der Waals surface area contributed by atoms with Crippen LogP contribution >= 0.6 is 22.6 Å². The van der Waals surface area contributed by atoms with Crippen LogP contribution in [0.5, 0.6) is 0 Å². The molecule has 0 amide bonds. The summed E-state index contributed by atoms with van der Waals surface area (Å²) in [7, 11) is 0. The smallest absolute Gasteiger partial charge is 0.267 e. The van der Waals surface area contributed by atoms with Crippen LogP contribution in [0, 0.1) is 10.5 Å². The quantitative estimate of drug-likeness (QED) is 0.736. The van der Waals surface area contributed by atoms with Crippen molar-refractivity contribution in [2.45, 2.75) is 19.6 Å². The second-order valence-corrected chi connectivity index (χ2v) is 4.07. The van der Waals surface area contributed by atoms with Crippen molar-refractivity contribution in [1.82, 2.24) is 9.55 Å². The minimum atomic E-state index is -0.701. The van der Waals surface area contributed by atoms with Gasteiger partial charge in [0.05, 0.1) is 28.2 Å². The van der Waals surface area contributed by atoms with Crippen LogP contribution in [-0.2, 0) is 6.54 Å². The molecule has 0 aliphatic heterocycles. The number of halogens is 1. The first kappa shape index (κ1) is 11.6. The van der Waals surface area contributed by atoms with Crippen molar-refractivity contribution in [2.24, 2.45) is 5.73 Å². The fraction of sp³-hybridized carbons (Fsp3) is 0.500. The average molecular weight is 309 g/mol. The number of hydrogen-bond donors (Lipinski definition) is 2. The van der Waals surface area contributed by atoms with Gasteiger partial charge >= 0.3 is 0 Å². The van der Waals surface area contributed by atoms with Crippen molar-refractivity contribution in [3.8, 4) is 0 Å². The molecule has 1 rings (SSSR count). The highest BCUT2D eigenvalue weighted by Gasteiger charge is 2.08. The summed E-state index contributed by atoms with van der Waals surface area (Å²) in [5, 5.41) is 9.28. The summed E-state index contributed by atoms with van der Waals surface area (Å²) in [6, 6.07) is 0. The van der Waals surface area contributed by atoms with E-state index in [2.05, 4.69) is 4.98 Å². The van der Waals surface area contributed by atoms with E-state index >= 15 is 0 Å². The molecule has 1 aromatic rings. The molecule has 0 radical (unpaired) electrons. The maximum Gasteiger partial charge on any atom is 0.267 e. The van der Waals surface area contributed by atoms with E-state index in [0.717, 1.165) is 0 Å². The molecule has 1 atom stereocenters. The van der Waals surface area contributed by atoms with Crippen LogP contribution < -0.4 is 11.3 Å². The summed E-state index contributed by atoms with van der Waals surface area (Å²) in [4.78, 5) is 15.6. The lowest BCUT2D eigenvalue weighted by atomic mass is 10.3. The molecular weight excluding hydrogens is 297 g/mol. The van der Waals surface area contributed by atoms with Crippen molar-refractivity contribution in [3.63, 3.8) is 0 Å². The lowest BCUT2D eigenvalue weighted by Gasteiger charge is -2.10. The molecule has 1 heterocycles. The highest BCUT2D eigenvalue weighted by molar-refractivity contribution is 14.1. The number of aliphatic hydroxyl groups excluding tert-OH is 1. The van der Waals surface area contributed by atoms with Crippen molar-refractivity contribution < 1.29 is 5.11 Å². The molecule has 0 bridgehead atoms. The van der Waals surface area contributed by atoms with E-state index in [-0.39, 0.29) is 18.6 Å². The van der Waals surface area contributed by atoms with Gasteiger partial charge in [0.25, 0.3) is 5.56 Å². The van der Waals surface area contributed by atoms with Gasteiger partial charge < -0.3 is 10.8 Å². The van der Waals surface area contributed by atoms with Crippen molar-refractivity contribution in [2.75, 3.05) is 6.54 Å². The van der Waals surface area contributed by atoms with Gasteiger partial charge in [-0.25, -0.2) is 4.98 Å². The van der Waals surface area contributed by atoms with Gasteiger partial charge in [-0.05, 0) is 29.5 Å². The van der Waals surface area contributed by atoms with E-state index in [1.165, 1.54) is 10.9 Å². The van der Waals surface area contributed by atoms with E-state index in [1.54, 1.807) is 6.92 Å². The molecule has 1 aromatic heterocycles. The van der Waals surface area contributed by atoms with E-state index in [1.807, 2.05) is 22.6 Å². The van der Waals surface area contributed by atoms with Crippen LogP contribution in [0.2, 0.25) is 0 Å². The summed E-state index contributed by atoms with van der Waals surface area (Å²) < 4.78 is 1.95. The Labute approximate surface area is 95.1 Å². The third-order valence-corrected chi connectivity index (χ3v) is 3.08. The molecule has 14 heavy (non-hydrogen) atoms. The zero-order valence-corrected chi connectivity index (χ0v) is 9.93. The third-order valence-electron chi connectivity index (χ3n) is 1.84. The molecule has 0 aromatic carbocycles. The highest BCUT2D eigenvalue weighted by atomic mass is 127. The summed E-state index contributed by atoms with van der Waals surface area (Å²) in [6.45, 7) is 2.10. The van der Waals surface area contributed by atoms with Gasteiger partial charge in [-0.3, -0.25) is 9.36 Å². The number of aliphatic hydroxyl groups is 1. The van der Waals surface area contributed by atoms with Gasteiger partial charge in [-0.15, -0.1) is 0 Å². The fourth-order valence-electron chi connectivity index (χ4n) is 0.978. The molecular formula is C8H12IN3O2. The Hall–Kier alpha value is -0.470. The normalized spacial score (nSPS) is 12.9. The van der Waals surface area contributed by atoms with Crippen LogP contribution in [0.3, 0.4) is 0 Å². The SMILES string of the molecule is Cc1ncn(CC(O)CN)c(=O)c1I. The van der Waals surface area contributed by atoms with Gasteiger partial charge in [0.1, 0.15) is 0 Å². The summed E-state index contributed by atoms with van der Waals surface area (Å²) >= 11 is 1.94. The predicted octanol–water partition coefficient (Wildman–Crippen LogP) is -0.524. The van der Waals surface area contributed by atoms with Crippen LogP contribution in [0.25, 0.3) is 0 Å². The number of aryl methyl sites for hydroxylation is 1. The zero-order valence-electron chi connectivity index (χ0n) is 7.77. The lowest BCUT2D eigenvalue weighted by Crippen LogP contribution is -2.32. The topological polar surface area (TPSA) is 81.1 Å². The van der Waals surface area contributed by atoms with Crippen LogP contribution in [-0.4, -0.2) is 27.3 Å². The maximum atomic E-state index is 11.6. The Bertz CT molecular complexity index is 377. The first-order valence-electron chi connectivity index (χ1n) is 4.16. The Morgan fingerprint density at radius 1 is 1.79 bits per heavy atom. The number of aromatic nitrogens is 2. The van der Waals surface area contributed by atoms with Gasteiger partial charge in [0.15, 0.2) is 0 Å². The average Bonchev–Trinajstić information content (AvgIpc) is 2.19. The summed E-state index contributed by atoms with van der Waals surface area (Å²) in [5.41, 5.74) is 5.82. The van der Waals surface area contributed by atoms with Crippen LogP contribution in [0.4, 0.5) is 0 Å². The molecule has 0 spiro atoms. The van der Waals surface area contributed by atoms with Gasteiger partial charge in [0.2, 0.25) is 0 Å². The largest absolute Gasteiger partial charge is 0.390 e. The molecule has 0 aliphatic carbocycles. The molecule has 5 nitrogen and oxygen atoms in total. The number of hydrogen-bond acceptors (Lipinski definition) is 4. The Morgan fingerprint density at radius 2 is 2.43 bits per heavy atom. The zero-order chi connectivity index (χ0) is 10.7. The Morgan fingerprint density at radius 3 is 3.00 bits per heavy atom. The van der Waals surface area contributed by atoms with E-state index in [9.17, 15) is 9.90 Å². The van der Waals surface area contributed by atoms with Gasteiger partial charge in [-0.2, -0.15) is 0 Å². The van der Waals surface area contributed by atoms with Crippen molar-refractivity contribution >= 4 is 22.6 Å². The van der Waals surface area contributed by atoms with Crippen LogP contribution in [0.15, 0.2) is 11.1 Å². The Kier molecular flexibility index (Phi) is 4.02. The highest BCUT2D eigenvalue weighted by Crippen LogP contribution is 2.01. The minimum Gasteiger partial charge on any atom is -0.390 e. The predicted molar refractivity (Wildman–Crippen MR) is 61.0 cm³/mol. The first-order valence-corrected chi connectivity index (χ1v) is 5.23. The monoisotopic (exact) mass is 309 g/mol. The Balaban J connectivity index is 3.00. The molecule has 3 N–H and O–H groups in total. The van der Waals surface area contributed by atoms with Gasteiger partial charge in [-0.1, -0.05) is 0 Å². The minimum absolute atomic E-state index is 0.134. The lowest BCUT2D eigenvalue weighted by molar-refractivity contribution is 0.160. The number of nitrogens with two attached hydrogens (primary N) is 1. The molecule has 0 aliphatic rings. The fourth-order valence-corrected chi connectivity index (χ4v) is 1.43. The first-order chi connectivity index (χ1) is 6.56. The second kappa shape index (κ2) is 4.85. The summed E-state index contributed by atoms with van der Waals surface area (Å²) in [5.74, 6) is 0. The van der Waals surface area contributed by atoms with E-state index < -0.39 is 6.10 Å². The summed E-state index contributed by atoms with van der Waals surface area (Å²) in [6.07, 6.45) is 0.728. The third kappa shape index (κ3) is 2.52. The van der Waals surface area contributed by atoms with E-state index in [4.69, 9.17) is 5.73 Å². The number of nitrogens with zero attached hydrogens (tertiary/aromatic N) is 2. The molecule has 78 valence electrons. The second-order valence-electron chi connectivity index (χ2n) is 2.99. The van der Waals surface area contributed by atoms with Gasteiger partial charge in [0, 0.05) is 6.54 Å². The van der Waals surface area contributed by atoms with Crippen molar-refractivity contribution in [1.29, 1.82) is 0 Å². The van der Waals surface area contributed by atoms with E-state index in [0.29, 0.717) is 9.26 Å². The molecule has 1 unspecified atom stereocenters. The molecule has 0 saturated carbocycles. The van der Waals surface area contributed by atoms with Crippen LogP contribution in [0.1, 0.15) is 5.69 Å². The number of rotatable bonds is 3. The standard InChI is InChI=1S/C8H12IN3O2/c1-5-7(9)8(14)12(4-11-5)3-6(13)2-10/h4,6,13H,2-3,10H2,1H3.